The Balaban J connectivity index is 1.80. The third-order valence-electron chi connectivity index (χ3n) is 2.57. The average molecular weight is 386 g/mol. The molecule has 0 aliphatic heterocycles. The number of rotatable bonds is 5. The summed E-state index contributed by atoms with van der Waals surface area (Å²) in [5.74, 6) is 1.73. The van der Waals surface area contributed by atoms with Gasteiger partial charge in [-0.2, -0.15) is 0 Å². The van der Waals surface area contributed by atoms with Gasteiger partial charge in [-0.05, 0) is 48.9 Å². The maximum Gasteiger partial charge on any atom is 0.123 e. The van der Waals surface area contributed by atoms with Crippen LogP contribution in [-0.2, 0) is 0 Å². The number of halogens is 2. The molecule has 0 unspecified atom stereocenters. The Labute approximate surface area is 130 Å². The Morgan fingerprint density at radius 2 is 1.47 bits per heavy atom. The minimum atomic E-state index is 0.521. The molecular formula is C15H14Br2O2. The Hall–Kier alpha value is -1.000. The van der Waals surface area contributed by atoms with Crippen LogP contribution in [0.3, 0.4) is 0 Å². The highest BCUT2D eigenvalue weighted by Gasteiger charge is 2.00. The quantitative estimate of drug-likeness (QED) is 0.676. The fraction of sp³-hybridized carbons (Fsp3) is 0.200. The number of hydrogen-bond acceptors (Lipinski definition) is 2. The van der Waals surface area contributed by atoms with Crippen LogP contribution in [0.25, 0.3) is 0 Å². The predicted molar refractivity (Wildman–Crippen MR) is 84.0 cm³/mol. The van der Waals surface area contributed by atoms with Crippen LogP contribution in [0.1, 0.15) is 5.56 Å². The van der Waals surface area contributed by atoms with Gasteiger partial charge in [0.1, 0.15) is 24.7 Å². The first-order chi connectivity index (χ1) is 9.15. The van der Waals surface area contributed by atoms with Crippen LogP contribution in [0.15, 0.2) is 51.4 Å². The molecule has 0 bridgehead atoms. The molecule has 0 aromatic heterocycles. The first-order valence-corrected chi connectivity index (χ1v) is 7.51. The minimum absolute atomic E-state index is 0.521. The van der Waals surface area contributed by atoms with E-state index in [1.54, 1.807) is 0 Å². The molecule has 0 saturated carbocycles. The summed E-state index contributed by atoms with van der Waals surface area (Å²) in [6.07, 6.45) is 0. The Bertz CT molecular complexity index is 538. The first kappa shape index (κ1) is 14.4. The van der Waals surface area contributed by atoms with Crippen molar-refractivity contribution < 1.29 is 9.47 Å². The van der Waals surface area contributed by atoms with Crippen LogP contribution in [0.2, 0.25) is 0 Å². The Morgan fingerprint density at radius 3 is 2.21 bits per heavy atom. The van der Waals surface area contributed by atoms with Crippen molar-refractivity contribution >= 4 is 31.9 Å². The molecule has 2 nitrogen and oxygen atoms in total. The molecule has 0 fully saturated rings. The van der Waals surface area contributed by atoms with Gasteiger partial charge < -0.3 is 9.47 Å². The van der Waals surface area contributed by atoms with E-state index in [2.05, 4.69) is 31.9 Å². The van der Waals surface area contributed by atoms with Crippen LogP contribution in [0.4, 0.5) is 0 Å². The molecule has 0 spiro atoms. The zero-order chi connectivity index (χ0) is 13.7. The fourth-order valence-corrected chi connectivity index (χ4v) is 2.18. The van der Waals surface area contributed by atoms with E-state index >= 15 is 0 Å². The maximum atomic E-state index is 5.70. The fourth-order valence-electron chi connectivity index (χ4n) is 1.57. The van der Waals surface area contributed by atoms with Gasteiger partial charge in [-0.25, -0.2) is 0 Å². The van der Waals surface area contributed by atoms with E-state index in [0.717, 1.165) is 26.0 Å². The number of ether oxygens (including phenoxy) is 2. The molecule has 19 heavy (non-hydrogen) atoms. The molecule has 2 aromatic rings. The lowest BCUT2D eigenvalue weighted by molar-refractivity contribution is 0.216. The molecule has 2 rings (SSSR count). The zero-order valence-corrected chi connectivity index (χ0v) is 13.7. The van der Waals surface area contributed by atoms with E-state index < -0.39 is 0 Å². The molecule has 0 radical (unpaired) electrons. The van der Waals surface area contributed by atoms with E-state index in [9.17, 15) is 0 Å². The summed E-state index contributed by atoms with van der Waals surface area (Å²) >= 11 is 6.82. The van der Waals surface area contributed by atoms with Crippen molar-refractivity contribution in [3.63, 3.8) is 0 Å². The molecule has 0 saturated heterocycles. The van der Waals surface area contributed by atoms with Crippen molar-refractivity contribution in [2.75, 3.05) is 13.2 Å². The lowest BCUT2D eigenvalue weighted by atomic mass is 10.2. The summed E-state index contributed by atoms with van der Waals surface area (Å²) in [6.45, 7) is 3.07. The van der Waals surface area contributed by atoms with E-state index in [0.29, 0.717) is 13.2 Å². The number of aryl methyl sites for hydroxylation is 1. The van der Waals surface area contributed by atoms with E-state index in [1.807, 2.05) is 49.4 Å². The van der Waals surface area contributed by atoms with Gasteiger partial charge in [0.25, 0.3) is 0 Å². The van der Waals surface area contributed by atoms with Gasteiger partial charge in [0, 0.05) is 8.95 Å². The van der Waals surface area contributed by atoms with Gasteiger partial charge in [-0.1, -0.05) is 37.9 Å². The molecule has 0 N–H and O–H groups in total. The van der Waals surface area contributed by atoms with E-state index in [-0.39, 0.29) is 0 Å². The molecular weight excluding hydrogens is 372 g/mol. The van der Waals surface area contributed by atoms with Crippen LogP contribution < -0.4 is 9.47 Å². The summed E-state index contributed by atoms with van der Waals surface area (Å²) in [4.78, 5) is 0. The molecule has 2 aromatic carbocycles. The predicted octanol–water partition coefficient (Wildman–Crippen LogP) is 4.98. The van der Waals surface area contributed by atoms with Crippen molar-refractivity contribution in [2.45, 2.75) is 6.92 Å². The average Bonchev–Trinajstić information content (AvgIpc) is 2.40. The van der Waals surface area contributed by atoms with Crippen LogP contribution >= 0.6 is 31.9 Å². The second-order valence-corrected chi connectivity index (χ2v) is 5.89. The van der Waals surface area contributed by atoms with Gasteiger partial charge >= 0.3 is 0 Å². The molecule has 0 aliphatic carbocycles. The van der Waals surface area contributed by atoms with Crippen molar-refractivity contribution in [1.29, 1.82) is 0 Å². The van der Waals surface area contributed by atoms with Crippen LogP contribution in [0, 0.1) is 6.92 Å². The summed E-state index contributed by atoms with van der Waals surface area (Å²) in [5, 5.41) is 0. The normalized spacial score (nSPS) is 10.3. The summed E-state index contributed by atoms with van der Waals surface area (Å²) in [5.41, 5.74) is 1.12. The van der Waals surface area contributed by atoms with Crippen molar-refractivity contribution in [3.05, 3.63) is 57.0 Å². The highest BCUT2D eigenvalue weighted by atomic mass is 79.9. The third-order valence-corrected chi connectivity index (χ3v) is 3.60. The first-order valence-electron chi connectivity index (χ1n) is 5.92. The Morgan fingerprint density at radius 1 is 0.842 bits per heavy atom. The smallest absolute Gasteiger partial charge is 0.123 e. The van der Waals surface area contributed by atoms with Crippen LogP contribution in [0.5, 0.6) is 11.5 Å². The number of benzene rings is 2. The van der Waals surface area contributed by atoms with Gasteiger partial charge in [0.15, 0.2) is 0 Å². The minimum Gasteiger partial charge on any atom is -0.490 e. The molecule has 0 heterocycles. The summed E-state index contributed by atoms with van der Waals surface area (Å²) < 4.78 is 13.4. The molecule has 4 heteroatoms. The number of hydrogen-bond donors (Lipinski definition) is 0. The Kier molecular flexibility index (Phi) is 5.28. The second-order valence-electron chi connectivity index (χ2n) is 4.06. The standard InChI is InChI=1S/C15H14Br2O2/c1-11-2-3-13(17)10-15(11)19-9-8-18-14-6-4-12(16)5-7-14/h2-7,10H,8-9H2,1H3. The topological polar surface area (TPSA) is 18.5 Å². The molecule has 100 valence electrons. The highest BCUT2D eigenvalue weighted by Crippen LogP contribution is 2.23. The lowest BCUT2D eigenvalue weighted by Crippen LogP contribution is -2.09. The van der Waals surface area contributed by atoms with Gasteiger partial charge in [0.2, 0.25) is 0 Å². The third kappa shape index (κ3) is 4.55. The second kappa shape index (κ2) is 6.96. The lowest BCUT2D eigenvalue weighted by Gasteiger charge is -2.10. The highest BCUT2D eigenvalue weighted by molar-refractivity contribution is 9.10. The monoisotopic (exact) mass is 384 g/mol. The maximum absolute atomic E-state index is 5.70. The van der Waals surface area contributed by atoms with Gasteiger partial charge in [-0.15, -0.1) is 0 Å². The summed E-state index contributed by atoms with van der Waals surface area (Å²) in [6, 6.07) is 13.7. The van der Waals surface area contributed by atoms with Crippen LogP contribution in [-0.4, -0.2) is 13.2 Å². The van der Waals surface area contributed by atoms with Crippen molar-refractivity contribution in [1.82, 2.24) is 0 Å². The van der Waals surface area contributed by atoms with Crippen molar-refractivity contribution in [3.8, 4) is 11.5 Å². The molecule has 0 atom stereocenters. The van der Waals surface area contributed by atoms with Crippen molar-refractivity contribution in [2.24, 2.45) is 0 Å². The molecule has 0 amide bonds. The largest absolute Gasteiger partial charge is 0.490 e. The summed E-state index contributed by atoms with van der Waals surface area (Å²) in [7, 11) is 0. The van der Waals surface area contributed by atoms with E-state index in [1.165, 1.54) is 0 Å². The van der Waals surface area contributed by atoms with E-state index in [4.69, 9.17) is 9.47 Å². The zero-order valence-electron chi connectivity index (χ0n) is 10.5. The SMILES string of the molecule is Cc1ccc(Br)cc1OCCOc1ccc(Br)cc1. The molecule has 0 aliphatic rings. The van der Waals surface area contributed by atoms with Gasteiger partial charge in [-0.3, -0.25) is 0 Å². The van der Waals surface area contributed by atoms with Gasteiger partial charge in [0.05, 0.1) is 0 Å².